The Morgan fingerprint density at radius 2 is 1.59 bits per heavy atom. The van der Waals surface area contributed by atoms with Crippen LogP contribution in [0.4, 0.5) is 11.4 Å². The number of aliphatic hydroxyl groups excluding tert-OH is 1. The molecule has 192 valence electrons. The SMILES string of the molecule is CCN(CC)c1ccc(C2/C(=C(\O)c3cc(OC)ccc3OC)C(=O)C(=O)N2c2ccc(Cl)cc2)cc1. The number of carbonyl (C=O) groups is 2. The van der Waals surface area contributed by atoms with Gasteiger partial charge >= 0.3 is 0 Å². The summed E-state index contributed by atoms with van der Waals surface area (Å²) >= 11 is 6.08. The van der Waals surface area contributed by atoms with Crippen molar-refractivity contribution in [2.45, 2.75) is 19.9 Å². The Bertz CT molecular complexity index is 1330. The monoisotopic (exact) mass is 520 g/mol. The standard InChI is InChI=1S/C29H29ClN2O5/c1-5-31(6-2)20-11-7-18(8-12-20)26-25(27(33)23-17-22(36-3)15-16-24(23)37-4)28(34)29(35)32(26)21-13-9-19(30)10-14-21/h7-17,26,33H,5-6H2,1-4H3/b27-25+. The summed E-state index contributed by atoms with van der Waals surface area (Å²) in [7, 11) is 2.97. The van der Waals surface area contributed by atoms with E-state index in [0.29, 0.717) is 27.8 Å². The van der Waals surface area contributed by atoms with Crippen LogP contribution in [0.5, 0.6) is 11.5 Å². The number of ether oxygens (including phenoxy) is 2. The van der Waals surface area contributed by atoms with Crippen molar-refractivity contribution in [1.82, 2.24) is 0 Å². The van der Waals surface area contributed by atoms with Gasteiger partial charge in [0.2, 0.25) is 0 Å². The molecule has 1 fully saturated rings. The van der Waals surface area contributed by atoms with Crippen molar-refractivity contribution in [3.8, 4) is 11.5 Å². The van der Waals surface area contributed by atoms with Crippen LogP contribution in [0.3, 0.4) is 0 Å². The second-order valence-electron chi connectivity index (χ2n) is 8.48. The Morgan fingerprint density at radius 3 is 2.16 bits per heavy atom. The fourth-order valence-electron chi connectivity index (χ4n) is 4.62. The third-order valence-corrected chi connectivity index (χ3v) is 6.80. The second-order valence-corrected chi connectivity index (χ2v) is 8.91. The molecule has 1 heterocycles. The number of nitrogens with zero attached hydrogens (tertiary/aromatic N) is 2. The van der Waals surface area contributed by atoms with E-state index in [0.717, 1.165) is 18.8 Å². The van der Waals surface area contributed by atoms with Gasteiger partial charge in [-0.05, 0) is 74.0 Å². The van der Waals surface area contributed by atoms with Crippen molar-refractivity contribution in [3.63, 3.8) is 0 Å². The maximum atomic E-state index is 13.5. The van der Waals surface area contributed by atoms with Gasteiger partial charge in [0.05, 0.1) is 31.4 Å². The molecule has 1 N–H and O–H groups in total. The number of rotatable bonds is 8. The van der Waals surface area contributed by atoms with Gasteiger partial charge < -0.3 is 19.5 Å². The molecule has 7 nitrogen and oxygen atoms in total. The van der Waals surface area contributed by atoms with E-state index in [1.54, 1.807) is 42.5 Å². The molecule has 0 bridgehead atoms. The van der Waals surface area contributed by atoms with Gasteiger partial charge in [0.25, 0.3) is 11.7 Å². The molecule has 1 saturated heterocycles. The minimum atomic E-state index is -0.872. The highest BCUT2D eigenvalue weighted by Crippen LogP contribution is 2.44. The molecule has 1 atom stereocenters. The third kappa shape index (κ3) is 4.87. The minimum Gasteiger partial charge on any atom is -0.507 e. The molecular formula is C29H29ClN2O5. The van der Waals surface area contributed by atoms with E-state index in [2.05, 4.69) is 18.7 Å². The average molecular weight is 521 g/mol. The Hall–Kier alpha value is -3.97. The predicted molar refractivity (Wildman–Crippen MR) is 146 cm³/mol. The number of Topliss-reactive ketones (excluding diaryl/α,β-unsaturated/α-hetero) is 1. The van der Waals surface area contributed by atoms with Crippen LogP contribution >= 0.6 is 11.6 Å². The molecule has 0 aliphatic carbocycles. The molecule has 3 aromatic carbocycles. The molecule has 0 radical (unpaired) electrons. The molecule has 4 rings (SSSR count). The lowest BCUT2D eigenvalue weighted by Gasteiger charge is -2.27. The number of halogens is 1. The van der Waals surface area contributed by atoms with E-state index >= 15 is 0 Å². The molecule has 0 aromatic heterocycles. The topological polar surface area (TPSA) is 79.3 Å². The van der Waals surface area contributed by atoms with Crippen LogP contribution in [-0.4, -0.2) is 44.1 Å². The van der Waals surface area contributed by atoms with Gasteiger partial charge in [-0.25, -0.2) is 0 Å². The zero-order chi connectivity index (χ0) is 26.7. The molecule has 0 saturated carbocycles. The fourth-order valence-corrected chi connectivity index (χ4v) is 4.74. The molecule has 1 aliphatic heterocycles. The maximum absolute atomic E-state index is 13.5. The van der Waals surface area contributed by atoms with Crippen LogP contribution in [0, 0.1) is 0 Å². The number of benzene rings is 3. The maximum Gasteiger partial charge on any atom is 0.300 e. The molecule has 1 aliphatic rings. The average Bonchev–Trinajstić information content (AvgIpc) is 3.19. The van der Waals surface area contributed by atoms with Crippen molar-refractivity contribution < 1.29 is 24.2 Å². The van der Waals surface area contributed by atoms with Crippen LogP contribution in [-0.2, 0) is 9.59 Å². The van der Waals surface area contributed by atoms with E-state index in [-0.39, 0.29) is 16.9 Å². The zero-order valence-corrected chi connectivity index (χ0v) is 22.0. The van der Waals surface area contributed by atoms with Crippen molar-refractivity contribution in [2.75, 3.05) is 37.1 Å². The first-order valence-electron chi connectivity index (χ1n) is 12.0. The van der Waals surface area contributed by atoms with Gasteiger partial charge in [-0.3, -0.25) is 14.5 Å². The zero-order valence-electron chi connectivity index (χ0n) is 21.2. The predicted octanol–water partition coefficient (Wildman–Crippen LogP) is 5.83. The highest BCUT2D eigenvalue weighted by atomic mass is 35.5. The summed E-state index contributed by atoms with van der Waals surface area (Å²) in [4.78, 5) is 30.4. The lowest BCUT2D eigenvalue weighted by atomic mass is 9.94. The lowest BCUT2D eigenvalue weighted by molar-refractivity contribution is -0.132. The Balaban J connectivity index is 1.94. The number of amides is 1. The summed E-state index contributed by atoms with van der Waals surface area (Å²) in [5, 5.41) is 12.0. The van der Waals surface area contributed by atoms with Crippen LogP contribution in [0.2, 0.25) is 5.02 Å². The van der Waals surface area contributed by atoms with Crippen molar-refractivity contribution in [2.24, 2.45) is 0 Å². The van der Waals surface area contributed by atoms with E-state index < -0.39 is 17.7 Å². The summed E-state index contributed by atoms with van der Waals surface area (Å²) in [5.41, 5.74) is 2.39. The minimum absolute atomic E-state index is 0.0397. The van der Waals surface area contributed by atoms with E-state index in [1.807, 2.05) is 24.3 Å². The second kappa shape index (κ2) is 11.0. The Labute approximate surface area is 221 Å². The molecule has 1 amide bonds. The summed E-state index contributed by atoms with van der Waals surface area (Å²) in [6.07, 6.45) is 0. The number of carbonyl (C=O) groups excluding carboxylic acids is 2. The van der Waals surface area contributed by atoms with Crippen molar-refractivity contribution in [3.05, 3.63) is 88.5 Å². The van der Waals surface area contributed by atoms with Crippen LogP contribution < -0.4 is 19.3 Å². The van der Waals surface area contributed by atoms with E-state index in [4.69, 9.17) is 21.1 Å². The molecular weight excluding hydrogens is 492 g/mol. The highest BCUT2D eigenvalue weighted by molar-refractivity contribution is 6.51. The van der Waals surface area contributed by atoms with Crippen LogP contribution in [0.1, 0.15) is 31.0 Å². The summed E-state index contributed by atoms with van der Waals surface area (Å²) in [6, 6.07) is 18.4. The van der Waals surface area contributed by atoms with E-state index in [9.17, 15) is 14.7 Å². The summed E-state index contributed by atoms with van der Waals surface area (Å²) in [6.45, 7) is 5.84. The third-order valence-electron chi connectivity index (χ3n) is 6.55. The number of methoxy groups -OCH3 is 2. The number of ketones is 1. The van der Waals surface area contributed by atoms with E-state index in [1.165, 1.54) is 19.1 Å². The highest BCUT2D eigenvalue weighted by Gasteiger charge is 2.47. The number of anilines is 2. The van der Waals surface area contributed by atoms with Gasteiger partial charge in [0, 0.05) is 29.5 Å². The first kappa shape index (κ1) is 26.1. The Kier molecular flexibility index (Phi) is 7.74. The van der Waals surface area contributed by atoms with Gasteiger partial charge in [-0.1, -0.05) is 23.7 Å². The fraction of sp³-hybridized carbons (Fsp3) is 0.241. The molecule has 1 unspecified atom stereocenters. The van der Waals surface area contributed by atoms with Gasteiger partial charge in [-0.15, -0.1) is 0 Å². The molecule has 37 heavy (non-hydrogen) atoms. The normalized spacial score (nSPS) is 16.7. The van der Waals surface area contributed by atoms with Gasteiger partial charge in [0.15, 0.2) is 0 Å². The molecule has 0 spiro atoms. The Morgan fingerprint density at radius 1 is 0.946 bits per heavy atom. The van der Waals surface area contributed by atoms with Crippen molar-refractivity contribution >= 4 is 40.4 Å². The smallest absolute Gasteiger partial charge is 0.300 e. The summed E-state index contributed by atoms with van der Waals surface area (Å²) in [5.74, 6) is -1.08. The largest absolute Gasteiger partial charge is 0.507 e. The first-order chi connectivity index (χ1) is 17.8. The van der Waals surface area contributed by atoms with Crippen LogP contribution in [0.25, 0.3) is 5.76 Å². The lowest BCUT2D eigenvalue weighted by Crippen LogP contribution is -2.29. The van der Waals surface area contributed by atoms with Gasteiger partial charge in [-0.2, -0.15) is 0 Å². The summed E-state index contributed by atoms with van der Waals surface area (Å²) < 4.78 is 10.8. The number of aliphatic hydroxyl groups is 1. The molecule has 3 aromatic rings. The first-order valence-corrected chi connectivity index (χ1v) is 12.4. The number of hydrogen-bond donors (Lipinski definition) is 1. The van der Waals surface area contributed by atoms with Crippen LogP contribution in [0.15, 0.2) is 72.3 Å². The number of hydrogen-bond acceptors (Lipinski definition) is 6. The molecule has 8 heteroatoms. The quantitative estimate of drug-likeness (QED) is 0.229. The van der Waals surface area contributed by atoms with Gasteiger partial charge in [0.1, 0.15) is 17.3 Å². The van der Waals surface area contributed by atoms with Crippen molar-refractivity contribution in [1.29, 1.82) is 0 Å².